The molecule has 3 atom stereocenters. The van der Waals surface area contributed by atoms with Crippen molar-refractivity contribution >= 4 is 28.7 Å². The summed E-state index contributed by atoms with van der Waals surface area (Å²) in [6.07, 6.45) is 3.33. The van der Waals surface area contributed by atoms with Crippen molar-refractivity contribution in [2.24, 2.45) is 4.99 Å². The number of imidazole rings is 1. The Morgan fingerprint density at radius 2 is 2.19 bits per heavy atom. The number of para-hydroxylation sites is 1. The van der Waals surface area contributed by atoms with E-state index in [1.807, 2.05) is 6.92 Å². The maximum absolute atomic E-state index is 12.7. The molecule has 27 heavy (non-hydrogen) atoms. The van der Waals surface area contributed by atoms with E-state index >= 15 is 0 Å². The normalized spacial score (nSPS) is 20.0. The van der Waals surface area contributed by atoms with E-state index < -0.39 is 18.1 Å². The lowest BCUT2D eigenvalue weighted by atomic mass is 10.1. The molecular formula is C18H20N4O4S. The van der Waals surface area contributed by atoms with Gasteiger partial charge >= 0.3 is 5.97 Å². The molecule has 0 saturated carbocycles. The number of H-pyrrole nitrogens is 1. The van der Waals surface area contributed by atoms with Crippen molar-refractivity contribution in [2.75, 3.05) is 7.11 Å². The summed E-state index contributed by atoms with van der Waals surface area (Å²) in [5.41, 5.74) is 1.30. The summed E-state index contributed by atoms with van der Waals surface area (Å²) in [6.45, 7) is 1.88. The fraction of sp³-hybridized carbons (Fsp3) is 0.333. The number of nitrogens with zero attached hydrogens (tertiary/aromatic N) is 2. The molecule has 0 radical (unpaired) electrons. The fourth-order valence-electron chi connectivity index (χ4n) is 2.77. The van der Waals surface area contributed by atoms with E-state index in [-0.39, 0.29) is 23.3 Å². The molecule has 0 saturated heterocycles. The molecule has 1 aromatic carbocycles. The Hall–Kier alpha value is -2.81. The first-order valence-electron chi connectivity index (χ1n) is 8.38. The van der Waals surface area contributed by atoms with Crippen LogP contribution in [0.1, 0.15) is 18.2 Å². The third-order valence-corrected chi connectivity index (χ3v) is 5.36. The Morgan fingerprint density at radius 1 is 1.41 bits per heavy atom. The number of carbonyl (C=O) groups excluding carboxylic acids is 2. The van der Waals surface area contributed by atoms with Gasteiger partial charge in [0.15, 0.2) is 0 Å². The molecule has 142 valence electrons. The molecule has 0 aliphatic carbocycles. The van der Waals surface area contributed by atoms with Crippen LogP contribution in [0, 0.1) is 0 Å². The van der Waals surface area contributed by atoms with Gasteiger partial charge in [0, 0.05) is 29.1 Å². The number of aromatic amines is 1. The second-order valence-electron chi connectivity index (χ2n) is 6.08. The number of amides is 1. The number of carbonyl (C=O) groups is 2. The minimum absolute atomic E-state index is 0.115. The SMILES string of the molecule is COC(=O)[C@H](Cc1cnc[nH]1)NC(=O)[C@H]1N=C(c2ccccc2O)S[C@@H]1C. The highest BCUT2D eigenvalue weighted by atomic mass is 32.2. The summed E-state index contributed by atoms with van der Waals surface area (Å²) < 4.78 is 4.80. The number of benzene rings is 1. The van der Waals surface area contributed by atoms with Crippen LogP contribution in [-0.4, -0.2) is 56.4 Å². The van der Waals surface area contributed by atoms with Gasteiger partial charge in [-0.05, 0) is 12.1 Å². The van der Waals surface area contributed by atoms with E-state index in [2.05, 4.69) is 20.3 Å². The zero-order valence-electron chi connectivity index (χ0n) is 14.9. The monoisotopic (exact) mass is 388 g/mol. The van der Waals surface area contributed by atoms with E-state index in [1.54, 1.807) is 30.5 Å². The Morgan fingerprint density at radius 3 is 2.85 bits per heavy atom. The van der Waals surface area contributed by atoms with Crippen LogP contribution in [0.25, 0.3) is 0 Å². The van der Waals surface area contributed by atoms with E-state index in [9.17, 15) is 14.7 Å². The highest BCUT2D eigenvalue weighted by molar-refractivity contribution is 8.15. The van der Waals surface area contributed by atoms with Crippen molar-refractivity contribution in [3.8, 4) is 5.75 Å². The van der Waals surface area contributed by atoms with Crippen molar-refractivity contribution in [3.05, 3.63) is 48.0 Å². The number of methoxy groups -OCH3 is 1. The Bertz CT molecular complexity index is 853. The molecule has 1 aromatic heterocycles. The first kappa shape index (κ1) is 19.0. The van der Waals surface area contributed by atoms with E-state index in [1.165, 1.54) is 25.2 Å². The molecule has 1 amide bonds. The Labute approximate surface area is 160 Å². The average molecular weight is 388 g/mol. The summed E-state index contributed by atoms with van der Waals surface area (Å²) in [5.74, 6) is -0.791. The van der Waals surface area contributed by atoms with Crippen LogP contribution in [-0.2, 0) is 20.7 Å². The van der Waals surface area contributed by atoms with Gasteiger partial charge in [-0.1, -0.05) is 19.1 Å². The van der Waals surface area contributed by atoms with E-state index in [4.69, 9.17) is 4.74 Å². The molecule has 2 heterocycles. The molecule has 3 N–H and O–H groups in total. The summed E-state index contributed by atoms with van der Waals surface area (Å²) in [5, 5.41) is 13.2. The molecule has 0 spiro atoms. The summed E-state index contributed by atoms with van der Waals surface area (Å²) >= 11 is 1.41. The van der Waals surface area contributed by atoms with Gasteiger partial charge in [-0.15, -0.1) is 11.8 Å². The third kappa shape index (κ3) is 4.30. The molecule has 8 nitrogen and oxygen atoms in total. The molecule has 1 aliphatic heterocycles. The first-order valence-corrected chi connectivity index (χ1v) is 9.26. The predicted molar refractivity (Wildman–Crippen MR) is 102 cm³/mol. The number of hydrogen-bond acceptors (Lipinski definition) is 7. The van der Waals surface area contributed by atoms with Gasteiger partial charge in [0.2, 0.25) is 5.91 Å². The quantitative estimate of drug-likeness (QED) is 0.642. The van der Waals surface area contributed by atoms with Gasteiger partial charge in [0.1, 0.15) is 22.9 Å². The minimum atomic E-state index is -0.843. The van der Waals surface area contributed by atoms with Gasteiger partial charge in [-0.25, -0.2) is 9.78 Å². The molecule has 1 aliphatic rings. The standard InChI is InChI=1S/C18H20N4O4S/c1-10-15(22-17(27-10)12-5-3-4-6-14(12)23)16(24)21-13(18(25)26-2)7-11-8-19-9-20-11/h3-6,8-10,13,15,23H,7H2,1-2H3,(H,19,20)(H,21,24)/t10-,13+,15+/m1/s1. The third-order valence-electron chi connectivity index (χ3n) is 4.18. The lowest BCUT2D eigenvalue weighted by Gasteiger charge is -2.19. The Kier molecular flexibility index (Phi) is 5.80. The van der Waals surface area contributed by atoms with Gasteiger partial charge in [0.25, 0.3) is 0 Å². The number of hydrogen-bond donors (Lipinski definition) is 3. The number of thioether (sulfide) groups is 1. The number of phenolic OH excluding ortho intramolecular Hbond substituents is 1. The van der Waals surface area contributed by atoms with Crippen LogP contribution in [0.2, 0.25) is 0 Å². The second-order valence-corrected chi connectivity index (χ2v) is 7.45. The smallest absolute Gasteiger partial charge is 0.328 e. The average Bonchev–Trinajstić information content (AvgIpc) is 3.30. The molecular weight excluding hydrogens is 368 g/mol. The van der Waals surface area contributed by atoms with Crippen LogP contribution >= 0.6 is 11.8 Å². The van der Waals surface area contributed by atoms with Crippen LogP contribution in [0.5, 0.6) is 5.75 Å². The number of aromatic nitrogens is 2. The van der Waals surface area contributed by atoms with Crippen molar-refractivity contribution in [3.63, 3.8) is 0 Å². The van der Waals surface area contributed by atoms with Crippen LogP contribution in [0.3, 0.4) is 0 Å². The number of aliphatic imine (C=N–C) groups is 1. The topological polar surface area (TPSA) is 117 Å². The molecule has 2 aromatic rings. The predicted octanol–water partition coefficient (Wildman–Crippen LogP) is 1.27. The van der Waals surface area contributed by atoms with E-state index in [0.717, 1.165) is 0 Å². The lowest BCUT2D eigenvalue weighted by molar-refractivity contribution is -0.145. The molecule has 0 unspecified atom stereocenters. The van der Waals surface area contributed by atoms with Crippen LogP contribution in [0.4, 0.5) is 0 Å². The van der Waals surface area contributed by atoms with Crippen molar-refractivity contribution in [1.82, 2.24) is 15.3 Å². The van der Waals surface area contributed by atoms with Crippen molar-refractivity contribution in [1.29, 1.82) is 0 Å². The zero-order valence-corrected chi connectivity index (χ0v) is 15.7. The minimum Gasteiger partial charge on any atom is -0.507 e. The fourth-order valence-corrected chi connectivity index (χ4v) is 3.91. The summed E-state index contributed by atoms with van der Waals surface area (Å²) in [6, 6.07) is 5.34. The second kappa shape index (κ2) is 8.26. The summed E-state index contributed by atoms with van der Waals surface area (Å²) in [4.78, 5) is 36.1. The van der Waals surface area contributed by atoms with Gasteiger partial charge < -0.3 is 20.1 Å². The number of aromatic hydroxyl groups is 1. The van der Waals surface area contributed by atoms with Gasteiger partial charge in [0.05, 0.1) is 13.4 Å². The van der Waals surface area contributed by atoms with Crippen molar-refractivity contribution < 1.29 is 19.4 Å². The lowest BCUT2D eigenvalue weighted by Crippen LogP contribution is -2.48. The first-order chi connectivity index (χ1) is 13.0. The van der Waals surface area contributed by atoms with E-state index in [0.29, 0.717) is 16.3 Å². The van der Waals surface area contributed by atoms with Gasteiger partial charge in [-0.3, -0.25) is 9.79 Å². The Balaban J connectivity index is 1.75. The zero-order chi connectivity index (χ0) is 19.4. The molecule has 0 fully saturated rings. The van der Waals surface area contributed by atoms with Gasteiger partial charge in [-0.2, -0.15) is 0 Å². The maximum Gasteiger partial charge on any atom is 0.328 e. The molecule has 0 bridgehead atoms. The maximum atomic E-state index is 12.7. The van der Waals surface area contributed by atoms with Crippen LogP contribution in [0.15, 0.2) is 41.8 Å². The number of phenols is 1. The molecule has 9 heteroatoms. The van der Waals surface area contributed by atoms with Crippen molar-refractivity contribution in [2.45, 2.75) is 30.7 Å². The molecule has 3 rings (SSSR count). The number of rotatable bonds is 6. The highest BCUT2D eigenvalue weighted by Crippen LogP contribution is 2.33. The number of ether oxygens (including phenoxy) is 1. The summed E-state index contributed by atoms with van der Waals surface area (Å²) in [7, 11) is 1.27. The number of esters is 1. The highest BCUT2D eigenvalue weighted by Gasteiger charge is 2.35. The van der Waals surface area contributed by atoms with Crippen LogP contribution < -0.4 is 5.32 Å². The largest absolute Gasteiger partial charge is 0.507 e. The number of nitrogens with one attached hydrogen (secondary N) is 2.